The molecule has 0 bridgehead atoms. The molecule has 1 N–H and O–H groups in total. The van der Waals surface area contributed by atoms with Crippen LogP contribution in [0.2, 0.25) is 5.02 Å². The molecule has 4 aromatic rings. The van der Waals surface area contributed by atoms with Gasteiger partial charge in [0, 0.05) is 46.0 Å². The van der Waals surface area contributed by atoms with Crippen molar-refractivity contribution < 1.29 is 28.2 Å². The molecule has 0 aliphatic carbocycles. The van der Waals surface area contributed by atoms with E-state index in [-0.39, 0.29) is 34.6 Å². The average molecular weight is 628 g/mol. The molecule has 0 atom stereocenters. The lowest BCUT2D eigenvalue weighted by Crippen LogP contribution is -2.63. The first kappa shape index (κ1) is 33.2. The monoisotopic (exact) mass is 627 g/mol. The second kappa shape index (κ2) is 12.0. The zero-order valence-corrected chi connectivity index (χ0v) is 27.4. The number of pyridine rings is 1. The topological polar surface area (TPSA) is 86.5 Å². The highest BCUT2D eigenvalue weighted by molar-refractivity contribution is 6.35. The Morgan fingerprint density at radius 1 is 1.00 bits per heavy atom. The Morgan fingerprint density at radius 3 is 2.11 bits per heavy atom. The highest BCUT2D eigenvalue weighted by atomic mass is 35.5. The van der Waals surface area contributed by atoms with Crippen molar-refractivity contribution in [1.29, 1.82) is 0 Å². The minimum Gasteiger partial charge on any atom is -0.478 e. The molecule has 2 aromatic carbocycles. The van der Waals surface area contributed by atoms with Gasteiger partial charge in [0.2, 0.25) is 11.5 Å². The van der Waals surface area contributed by atoms with Crippen LogP contribution in [0.1, 0.15) is 78.1 Å². The van der Waals surface area contributed by atoms with Crippen molar-refractivity contribution in [1.82, 2.24) is 14.8 Å². The number of fused-ring (bicyclic) bond motifs is 1. The molecule has 0 fully saturated rings. The largest absolute Gasteiger partial charge is 0.478 e. The molecule has 0 amide bonds. The fourth-order valence-electron chi connectivity index (χ4n) is 6.03. The van der Waals surface area contributed by atoms with Crippen LogP contribution in [-0.2, 0) is 11.2 Å². The quantitative estimate of drug-likeness (QED) is 0.199. The molecule has 44 heavy (non-hydrogen) atoms. The number of carbonyl (C=O) groups is 1. The molecule has 2 heterocycles. The van der Waals surface area contributed by atoms with Crippen LogP contribution in [0.5, 0.6) is 11.6 Å². The summed E-state index contributed by atoms with van der Waals surface area (Å²) in [7, 11) is 0. The fraction of sp³-hybridized carbons (Fsp3) is 0.441. The Kier molecular flexibility index (Phi) is 9.04. The normalized spacial score (nSPS) is 12.8. The first-order valence-electron chi connectivity index (χ1n) is 14.5. The van der Waals surface area contributed by atoms with Crippen LogP contribution in [0.4, 0.5) is 8.78 Å². The van der Waals surface area contributed by atoms with Gasteiger partial charge in [-0.05, 0) is 50.1 Å². The number of aryl methyl sites for hydroxylation is 1. The number of hydrogen-bond donors (Lipinski definition) is 1. The van der Waals surface area contributed by atoms with Crippen LogP contribution in [0.3, 0.4) is 0 Å². The Bertz CT molecular complexity index is 1660. The number of rotatable bonds is 9. The zero-order valence-electron chi connectivity index (χ0n) is 26.6. The molecule has 0 saturated heterocycles. The molecule has 0 unspecified atom stereocenters. The minimum atomic E-state index is -3.11. The number of halogens is 3. The van der Waals surface area contributed by atoms with Crippen LogP contribution in [-0.4, -0.2) is 38.1 Å². The van der Waals surface area contributed by atoms with Crippen molar-refractivity contribution in [2.45, 2.75) is 87.0 Å². The predicted molar refractivity (Wildman–Crippen MR) is 169 cm³/mol. The maximum atomic E-state index is 13.6. The van der Waals surface area contributed by atoms with Gasteiger partial charge < -0.3 is 14.6 Å². The van der Waals surface area contributed by atoms with E-state index >= 15 is 0 Å². The van der Waals surface area contributed by atoms with Gasteiger partial charge in [-0.15, -0.1) is 0 Å². The zero-order chi connectivity index (χ0) is 32.8. The summed E-state index contributed by atoms with van der Waals surface area (Å²) in [5.74, 6) is -1.13. The average Bonchev–Trinajstić information content (AvgIpc) is 3.40. The van der Waals surface area contributed by atoms with Crippen molar-refractivity contribution in [2.75, 3.05) is 0 Å². The number of nitrogens with zero attached hydrogens (tertiary/aromatic N) is 3. The van der Waals surface area contributed by atoms with Crippen LogP contribution in [0.15, 0.2) is 48.7 Å². The summed E-state index contributed by atoms with van der Waals surface area (Å²) in [5.41, 5.74) is 0.336. The second-order valence-electron chi connectivity index (χ2n) is 13.4. The van der Waals surface area contributed by atoms with Gasteiger partial charge >= 0.3 is 12.6 Å². The van der Waals surface area contributed by atoms with Gasteiger partial charge in [0.1, 0.15) is 5.75 Å². The molecular weight excluding hydrogens is 588 g/mol. The van der Waals surface area contributed by atoms with E-state index in [0.717, 1.165) is 16.8 Å². The minimum absolute atomic E-state index is 0.180. The molecule has 2 aromatic heterocycles. The third-order valence-corrected chi connectivity index (χ3v) is 8.34. The molecule has 236 valence electrons. The highest BCUT2D eigenvalue weighted by Gasteiger charge is 2.59. The number of carboxylic acids is 1. The number of hydrogen-bond acceptors (Lipinski definition) is 5. The van der Waals surface area contributed by atoms with Gasteiger partial charge in [0.05, 0.1) is 16.2 Å². The van der Waals surface area contributed by atoms with Crippen molar-refractivity contribution in [3.05, 3.63) is 70.4 Å². The first-order chi connectivity index (χ1) is 20.4. The Morgan fingerprint density at radius 2 is 1.61 bits per heavy atom. The predicted octanol–water partition coefficient (Wildman–Crippen LogP) is 9.13. The third-order valence-electron chi connectivity index (χ3n) is 8.03. The van der Waals surface area contributed by atoms with Gasteiger partial charge in [0.15, 0.2) is 0 Å². The SMILES string of the molecule is Cc1c(Cc2ccc(-c3ccn(C(C)C)n3)cc2)c(OC(F)F)nc2c(Cl)ccc(OC(C(=O)O)(C(C)(C)C)C(C)(C)C)c12. The van der Waals surface area contributed by atoms with E-state index in [9.17, 15) is 18.7 Å². The van der Waals surface area contributed by atoms with Crippen LogP contribution in [0, 0.1) is 17.8 Å². The number of aliphatic carboxylic acids is 1. The van der Waals surface area contributed by atoms with Gasteiger partial charge in [0.25, 0.3) is 0 Å². The Labute approximate surface area is 262 Å². The van der Waals surface area contributed by atoms with E-state index in [1.165, 1.54) is 6.07 Å². The second-order valence-corrected chi connectivity index (χ2v) is 13.8. The molecule has 4 rings (SSSR count). The molecule has 10 heteroatoms. The number of carboxylic acid groups (broad SMARTS) is 1. The number of alkyl halides is 2. The Balaban J connectivity index is 1.87. The van der Waals surface area contributed by atoms with Crippen molar-refractivity contribution in [3.63, 3.8) is 0 Å². The van der Waals surface area contributed by atoms with Crippen LogP contribution < -0.4 is 9.47 Å². The summed E-state index contributed by atoms with van der Waals surface area (Å²) in [4.78, 5) is 17.4. The summed E-state index contributed by atoms with van der Waals surface area (Å²) in [5, 5.41) is 15.8. The van der Waals surface area contributed by atoms with E-state index in [1.807, 2.05) is 82.8 Å². The molecule has 0 aliphatic rings. The number of benzene rings is 2. The molecular formula is C34H40ClF2N3O4. The first-order valence-corrected chi connectivity index (χ1v) is 14.9. The van der Waals surface area contributed by atoms with Crippen molar-refractivity contribution in [3.8, 4) is 22.9 Å². The molecule has 0 aliphatic heterocycles. The summed E-state index contributed by atoms with van der Waals surface area (Å²) in [6.07, 6.45) is 2.14. The third kappa shape index (κ3) is 6.11. The van der Waals surface area contributed by atoms with Crippen molar-refractivity contribution >= 4 is 28.5 Å². The summed E-state index contributed by atoms with van der Waals surface area (Å²) >= 11 is 6.55. The molecule has 0 spiro atoms. The molecule has 7 nitrogen and oxygen atoms in total. The molecule has 0 saturated carbocycles. The van der Waals surface area contributed by atoms with E-state index in [4.69, 9.17) is 21.1 Å². The van der Waals surface area contributed by atoms with Crippen molar-refractivity contribution in [2.24, 2.45) is 10.8 Å². The summed E-state index contributed by atoms with van der Waals surface area (Å²) in [6, 6.07) is 13.0. The van der Waals surface area contributed by atoms with Crippen LogP contribution >= 0.6 is 11.6 Å². The fourth-order valence-corrected chi connectivity index (χ4v) is 6.23. The number of aromatic nitrogens is 3. The molecule has 0 radical (unpaired) electrons. The van der Waals surface area contributed by atoms with Crippen LogP contribution in [0.25, 0.3) is 22.2 Å². The van der Waals surface area contributed by atoms with Gasteiger partial charge in [-0.2, -0.15) is 13.9 Å². The Hall–Kier alpha value is -3.72. The summed E-state index contributed by atoms with van der Waals surface area (Å²) < 4.78 is 40.6. The lowest BCUT2D eigenvalue weighted by atomic mass is 9.62. The van der Waals surface area contributed by atoms with E-state index in [1.54, 1.807) is 13.0 Å². The lowest BCUT2D eigenvalue weighted by molar-refractivity contribution is -0.184. The maximum absolute atomic E-state index is 13.6. The lowest BCUT2D eigenvalue weighted by Gasteiger charge is -2.49. The van der Waals surface area contributed by atoms with Gasteiger partial charge in [-0.1, -0.05) is 77.4 Å². The van der Waals surface area contributed by atoms with Gasteiger partial charge in [-0.3, -0.25) is 4.68 Å². The van der Waals surface area contributed by atoms with Gasteiger partial charge in [-0.25, -0.2) is 9.78 Å². The smallest absolute Gasteiger partial charge is 0.388 e. The van der Waals surface area contributed by atoms with E-state index in [2.05, 4.69) is 23.9 Å². The van der Waals surface area contributed by atoms with E-state index < -0.39 is 29.0 Å². The van der Waals surface area contributed by atoms with E-state index in [0.29, 0.717) is 16.5 Å². The maximum Gasteiger partial charge on any atom is 0.388 e. The number of ether oxygens (including phenoxy) is 2. The highest BCUT2D eigenvalue weighted by Crippen LogP contribution is 2.49. The standard InChI is InChI=1S/C34H40ClF2N3O4/c1-19(2)40-17-16-25(39-40)22-12-10-21(11-13-22)18-23-20(3)27-26(15-14-24(35)28(27)38-29(23)43-31(36)37)44-34(30(41)42,32(4,5)6)33(7,8)9/h10-17,19,31H,18H2,1-9H3,(H,41,42). The summed E-state index contributed by atoms with van der Waals surface area (Å²) in [6.45, 7) is 13.6.